The number of hydrogen-bond acceptors (Lipinski definition) is 8. The van der Waals surface area contributed by atoms with E-state index in [0.717, 1.165) is 10.4 Å². The number of hydrogen-bond donors (Lipinski definition) is 0. The van der Waals surface area contributed by atoms with E-state index in [-0.39, 0.29) is 12.2 Å². The van der Waals surface area contributed by atoms with Crippen molar-refractivity contribution < 1.29 is 36.7 Å². The molecule has 0 fully saturated rings. The maximum absolute atomic E-state index is 13.3. The van der Waals surface area contributed by atoms with Crippen LogP contribution in [0, 0.1) is 0 Å². The summed E-state index contributed by atoms with van der Waals surface area (Å²) in [7, 11) is -0.962. The maximum Gasteiger partial charge on any atom is 0.365 e. The van der Waals surface area contributed by atoms with Crippen molar-refractivity contribution in [2.75, 3.05) is 20.0 Å². The second-order valence-corrected chi connectivity index (χ2v) is 10.6. The van der Waals surface area contributed by atoms with Crippen molar-refractivity contribution in [1.29, 1.82) is 0 Å². The predicted octanol–water partition coefficient (Wildman–Crippen LogP) is 4.40. The van der Waals surface area contributed by atoms with Crippen molar-refractivity contribution in [2.24, 2.45) is 0 Å². The van der Waals surface area contributed by atoms with Crippen LogP contribution in [0.1, 0.15) is 28.8 Å². The molecule has 0 spiro atoms. The van der Waals surface area contributed by atoms with E-state index in [9.17, 15) is 18.0 Å². The Bertz CT molecular complexity index is 1480. The number of nitrogens with zero attached hydrogens (tertiary/aromatic N) is 1. The Labute approximate surface area is 220 Å². The smallest absolute Gasteiger partial charge is 0.365 e. The summed E-state index contributed by atoms with van der Waals surface area (Å²) >= 11 is 0. The molecule has 1 aromatic heterocycles. The number of ether oxygens (including phenoxy) is 2. The first-order valence-electron chi connectivity index (χ1n) is 11.7. The number of amides is 1. The lowest BCUT2D eigenvalue weighted by atomic mass is 10.1. The molecule has 198 valence electrons. The van der Waals surface area contributed by atoms with E-state index in [1.54, 1.807) is 78.9 Å². The van der Waals surface area contributed by atoms with Crippen molar-refractivity contribution in [2.45, 2.75) is 17.9 Å². The molecule has 0 radical (unpaired) electrons. The largest absolute Gasteiger partial charge is 0.497 e. The zero-order chi connectivity index (χ0) is 27.1. The molecule has 9 nitrogen and oxygen atoms in total. The second-order valence-electron chi connectivity index (χ2n) is 8.54. The standard InChI is InChI=1S/C28H27NO8S/c1-34-24-11-9-21(10-12-24)25(18-38(32,33)17-20-8-13-26-23(16-20)14-15-36-26)29(19-30)37-28(31)27(35-2)22-6-4-3-5-7-22/h3-16,19,25,27H,17-18H2,1-2H3. The lowest BCUT2D eigenvalue weighted by Gasteiger charge is -2.28. The van der Waals surface area contributed by atoms with Gasteiger partial charge in [-0.1, -0.05) is 48.5 Å². The van der Waals surface area contributed by atoms with Gasteiger partial charge in [-0.15, -0.1) is 0 Å². The Kier molecular flexibility index (Phi) is 8.45. The Morgan fingerprint density at radius 1 is 0.974 bits per heavy atom. The minimum atomic E-state index is -3.80. The van der Waals surface area contributed by atoms with Gasteiger partial charge in [0, 0.05) is 12.5 Å². The molecule has 0 aliphatic carbocycles. The molecule has 1 amide bonds. The van der Waals surface area contributed by atoms with Gasteiger partial charge in [-0.25, -0.2) is 13.2 Å². The van der Waals surface area contributed by atoms with E-state index in [2.05, 4.69) is 0 Å². The fraction of sp³-hybridized carbons (Fsp3) is 0.214. The van der Waals surface area contributed by atoms with Crippen LogP contribution in [-0.4, -0.2) is 45.8 Å². The average molecular weight is 538 g/mol. The van der Waals surface area contributed by atoms with Crippen LogP contribution in [0.2, 0.25) is 0 Å². The number of methoxy groups -OCH3 is 2. The highest BCUT2D eigenvalue weighted by Gasteiger charge is 2.32. The number of sulfone groups is 1. The summed E-state index contributed by atoms with van der Waals surface area (Å²) in [6.07, 6.45) is 0.702. The number of rotatable bonds is 12. The third-order valence-corrected chi connectivity index (χ3v) is 7.57. The van der Waals surface area contributed by atoms with Gasteiger partial charge in [-0.3, -0.25) is 4.79 Å². The highest BCUT2D eigenvalue weighted by Crippen LogP contribution is 2.28. The highest BCUT2D eigenvalue weighted by molar-refractivity contribution is 7.90. The van der Waals surface area contributed by atoms with Gasteiger partial charge in [-0.2, -0.15) is 5.06 Å². The molecule has 4 rings (SSSR count). The molecule has 2 unspecified atom stereocenters. The van der Waals surface area contributed by atoms with Gasteiger partial charge >= 0.3 is 5.97 Å². The van der Waals surface area contributed by atoms with Crippen molar-refractivity contribution in [3.8, 4) is 5.75 Å². The first-order valence-corrected chi connectivity index (χ1v) is 13.5. The summed E-state index contributed by atoms with van der Waals surface area (Å²) in [6, 6.07) is 20.9. The van der Waals surface area contributed by atoms with E-state index in [1.165, 1.54) is 20.5 Å². The van der Waals surface area contributed by atoms with Gasteiger partial charge < -0.3 is 18.7 Å². The van der Waals surface area contributed by atoms with Gasteiger partial charge in [-0.05, 0) is 47.0 Å². The topological polar surface area (TPSA) is 112 Å². The van der Waals surface area contributed by atoms with Crippen molar-refractivity contribution in [3.05, 3.63) is 102 Å². The van der Waals surface area contributed by atoms with Crippen LogP contribution < -0.4 is 4.74 Å². The molecule has 2 atom stereocenters. The molecule has 0 aliphatic rings. The van der Waals surface area contributed by atoms with E-state index in [1.807, 2.05) is 0 Å². The molecule has 1 heterocycles. The molecule has 0 N–H and O–H groups in total. The summed E-state index contributed by atoms with van der Waals surface area (Å²) in [4.78, 5) is 30.6. The summed E-state index contributed by atoms with van der Waals surface area (Å²) in [5, 5.41) is 1.50. The third-order valence-electron chi connectivity index (χ3n) is 5.97. The molecule has 0 aliphatic heterocycles. The number of carbonyl (C=O) groups is 2. The van der Waals surface area contributed by atoms with Crippen LogP contribution in [-0.2, 0) is 34.8 Å². The van der Waals surface area contributed by atoms with Crippen LogP contribution in [0.15, 0.2) is 89.5 Å². The van der Waals surface area contributed by atoms with Crippen molar-refractivity contribution in [1.82, 2.24) is 5.06 Å². The summed E-state index contributed by atoms with van der Waals surface area (Å²) in [5.74, 6) is -1.11. The number of furan rings is 1. The first kappa shape index (κ1) is 26.9. The molecule has 10 heteroatoms. The van der Waals surface area contributed by atoms with Gasteiger partial charge in [0.2, 0.25) is 6.41 Å². The SMILES string of the molecule is COc1ccc(C(CS(=O)(=O)Cc2ccc3occc3c2)N(C=O)OC(=O)C(OC)c2ccccc2)cc1. The minimum absolute atomic E-state index is 0.286. The van der Waals surface area contributed by atoms with Crippen LogP contribution in [0.4, 0.5) is 0 Å². The summed E-state index contributed by atoms with van der Waals surface area (Å²) < 4.78 is 42.5. The number of hydroxylamine groups is 2. The van der Waals surface area contributed by atoms with E-state index >= 15 is 0 Å². The molecule has 38 heavy (non-hydrogen) atoms. The molecular formula is C28H27NO8S. The Balaban J connectivity index is 1.61. The fourth-order valence-corrected chi connectivity index (χ4v) is 5.73. The Morgan fingerprint density at radius 2 is 1.71 bits per heavy atom. The zero-order valence-electron chi connectivity index (χ0n) is 20.9. The number of fused-ring (bicyclic) bond motifs is 1. The van der Waals surface area contributed by atoms with Gasteiger partial charge in [0.25, 0.3) is 0 Å². The van der Waals surface area contributed by atoms with Gasteiger partial charge in [0.15, 0.2) is 15.9 Å². The number of carbonyl (C=O) groups excluding carboxylic acids is 2. The van der Waals surface area contributed by atoms with E-state index < -0.39 is 33.7 Å². The number of benzene rings is 3. The second kappa shape index (κ2) is 11.9. The van der Waals surface area contributed by atoms with Crippen LogP contribution >= 0.6 is 0 Å². The Morgan fingerprint density at radius 3 is 2.37 bits per heavy atom. The maximum atomic E-state index is 13.3. The molecule has 0 saturated heterocycles. The molecule has 4 aromatic rings. The van der Waals surface area contributed by atoms with Gasteiger partial charge in [0.1, 0.15) is 17.4 Å². The first-order chi connectivity index (χ1) is 18.3. The van der Waals surface area contributed by atoms with Crippen LogP contribution in [0.3, 0.4) is 0 Å². The zero-order valence-corrected chi connectivity index (χ0v) is 21.7. The van der Waals surface area contributed by atoms with E-state index in [4.69, 9.17) is 18.7 Å². The predicted molar refractivity (Wildman–Crippen MR) is 140 cm³/mol. The molecular weight excluding hydrogens is 510 g/mol. The summed E-state index contributed by atoms with van der Waals surface area (Å²) in [6.45, 7) is 0. The van der Waals surface area contributed by atoms with Crippen molar-refractivity contribution in [3.63, 3.8) is 0 Å². The highest BCUT2D eigenvalue weighted by atomic mass is 32.2. The van der Waals surface area contributed by atoms with Crippen LogP contribution in [0.5, 0.6) is 5.75 Å². The normalized spacial score (nSPS) is 13.0. The third kappa shape index (κ3) is 6.39. The Hall–Kier alpha value is -4.15. The van der Waals surface area contributed by atoms with Crippen LogP contribution in [0.25, 0.3) is 11.0 Å². The average Bonchev–Trinajstić information content (AvgIpc) is 3.39. The molecule has 0 saturated carbocycles. The van der Waals surface area contributed by atoms with Gasteiger partial charge in [0.05, 0.1) is 24.9 Å². The lowest BCUT2D eigenvalue weighted by Crippen LogP contribution is -2.36. The lowest BCUT2D eigenvalue weighted by molar-refractivity contribution is -0.207. The monoisotopic (exact) mass is 537 g/mol. The molecule has 0 bridgehead atoms. The summed E-state index contributed by atoms with van der Waals surface area (Å²) in [5.41, 5.74) is 2.17. The van der Waals surface area contributed by atoms with E-state index in [0.29, 0.717) is 28.0 Å². The molecule has 3 aromatic carbocycles. The quantitative estimate of drug-likeness (QED) is 0.193. The fourth-order valence-electron chi connectivity index (χ4n) is 4.11. The minimum Gasteiger partial charge on any atom is -0.497 e. The van der Waals surface area contributed by atoms with Crippen molar-refractivity contribution >= 4 is 33.2 Å².